The van der Waals surface area contributed by atoms with E-state index in [1.165, 1.54) is 6.26 Å². The van der Waals surface area contributed by atoms with Gasteiger partial charge < -0.3 is 19.1 Å². The zero-order valence-electron chi connectivity index (χ0n) is 15.1. The molecule has 140 valence electrons. The van der Waals surface area contributed by atoms with Crippen molar-refractivity contribution in [1.29, 1.82) is 0 Å². The molecule has 0 radical (unpaired) electrons. The van der Waals surface area contributed by atoms with Crippen molar-refractivity contribution in [3.05, 3.63) is 54.3 Å². The minimum atomic E-state index is -0.634. The van der Waals surface area contributed by atoms with Gasteiger partial charge in [-0.2, -0.15) is 0 Å². The predicted molar refractivity (Wildman–Crippen MR) is 98.2 cm³/mol. The third-order valence-electron chi connectivity index (χ3n) is 4.86. The van der Waals surface area contributed by atoms with E-state index in [0.29, 0.717) is 19.0 Å². The summed E-state index contributed by atoms with van der Waals surface area (Å²) in [6.07, 6.45) is 3.22. The first-order valence-electron chi connectivity index (χ1n) is 9.10. The number of fused-ring (bicyclic) bond motifs is 1. The van der Waals surface area contributed by atoms with Gasteiger partial charge in [0.05, 0.1) is 12.2 Å². The van der Waals surface area contributed by atoms with E-state index >= 15 is 0 Å². The fourth-order valence-corrected chi connectivity index (χ4v) is 3.45. The number of hydrogen-bond donors (Lipinski definition) is 1. The van der Waals surface area contributed by atoms with Gasteiger partial charge in [0.1, 0.15) is 11.6 Å². The highest BCUT2D eigenvalue weighted by atomic mass is 16.3. The average molecular weight is 367 g/mol. The second-order valence-corrected chi connectivity index (χ2v) is 6.82. The van der Waals surface area contributed by atoms with Crippen molar-refractivity contribution in [2.75, 3.05) is 13.1 Å². The van der Waals surface area contributed by atoms with Crippen LogP contribution in [0.5, 0.6) is 0 Å². The first-order chi connectivity index (χ1) is 13.1. The molecule has 1 N–H and O–H groups in total. The van der Waals surface area contributed by atoms with Crippen LogP contribution in [0.1, 0.15) is 42.1 Å². The van der Waals surface area contributed by atoms with Crippen molar-refractivity contribution in [2.24, 2.45) is 0 Å². The summed E-state index contributed by atoms with van der Waals surface area (Å²) in [7, 11) is 0. The third-order valence-corrected chi connectivity index (χ3v) is 4.86. The molecule has 4 rings (SSSR count). The highest BCUT2D eigenvalue weighted by Gasteiger charge is 2.31. The first-order valence-corrected chi connectivity index (χ1v) is 9.10. The summed E-state index contributed by atoms with van der Waals surface area (Å²) in [5, 5.41) is 2.69. The maximum atomic E-state index is 12.8. The minimum absolute atomic E-state index is 0.0584. The Balaban J connectivity index is 1.42. The van der Waals surface area contributed by atoms with Gasteiger partial charge in [-0.3, -0.25) is 9.59 Å². The molecular weight excluding hydrogens is 346 g/mol. The van der Waals surface area contributed by atoms with Crippen LogP contribution in [-0.4, -0.2) is 40.8 Å². The van der Waals surface area contributed by atoms with Crippen LogP contribution in [0.25, 0.3) is 11.1 Å². The monoisotopic (exact) mass is 367 g/mol. The third kappa shape index (κ3) is 3.58. The number of benzene rings is 1. The van der Waals surface area contributed by atoms with Crippen molar-refractivity contribution in [2.45, 2.75) is 31.7 Å². The molecule has 1 saturated heterocycles. The Morgan fingerprint density at radius 3 is 2.89 bits per heavy atom. The van der Waals surface area contributed by atoms with Gasteiger partial charge in [-0.05, 0) is 44.0 Å². The molecule has 3 aromatic rings. The van der Waals surface area contributed by atoms with Gasteiger partial charge in [0.15, 0.2) is 17.2 Å². The van der Waals surface area contributed by atoms with E-state index in [0.717, 1.165) is 23.9 Å². The van der Waals surface area contributed by atoms with E-state index < -0.39 is 11.9 Å². The van der Waals surface area contributed by atoms with Gasteiger partial charge in [0, 0.05) is 13.1 Å². The summed E-state index contributed by atoms with van der Waals surface area (Å²) >= 11 is 0. The average Bonchev–Trinajstić information content (AvgIpc) is 3.37. The largest absolute Gasteiger partial charge is 0.459 e. The molecule has 0 spiro atoms. The Morgan fingerprint density at radius 1 is 1.26 bits per heavy atom. The number of aromatic nitrogens is 1. The van der Waals surface area contributed by atoms with Crippen LogP contribution >= 0.6 is 0 Å². The summed E-state index contributed by atoms with van der Waals surface area (Å²) in [5.41, 5.74) is 1.59. The van der Waals surface area contributed by atoms with Crippen molar-refractivity contribution in [1.82, 2.24) is 15.2 Å². The van der Waals surface area contributed by atoms with Gasteiger partial charge in [0.25, 0.3) is 5.91 Å². The number of amides is 2. The van der Waals surface area contributed by atoms with E-state index in [-0.39, 0.29) is 17.6 Å². The molecule has 0 aliphatic carbocycles. The minimum Gasteiger partial charge on any atom is -0.459 e. The number of likely N-dealkylation sites (tertiary alicyclic amines) is 1. The molecule has 3 heterocycles. The summed E-state index contributed by atoms with van der Waals surface area (Å²) in [6, 6.07) is 10.2. The number of oxazole rings is 1. The molecule has 0 saturated carbocycles. The first kappa shape index (κ1) is 17.3. The van der Waals surface area contributed by atoms with Gasteiger partial charge in [0.2, 0.25) is 5.91 Å². The van der Waals surface area contributed by atoms with Crippen LogP contribution in [0, 0.1) is 0 Å². The summed E-state index contributed by atoms with van der Waals surface area (Å²) in [4.78, 5) is 31.2. The molecule has 7 heteroatoms. The zero-order valence-corrected chi connectivity index (χ0v) is 15.1. The van der Waals surface area contributed by atoms with Crippen LogP contribution in [0.3, 0.4) is 0 Å². The van der Waals surface area contributed by atoms with E-state index in [1.54, 1.807) is 24.0 Å². The Morgan fingerprint density at radius 2 is 2.11 bits per heavy atom. The van der Waals surface area contributed by atoms with E-state index in [1.807, 2.05) is 24.3 Å². The van der Waals surface area contributed by atoms with Crippen molar-refractivity contribution in [3.8, 4) is 0 Å². The fourth-order valence-electron chi connectivity index (χ4n) is 3.45. The smallest absolute Gasteiger partial charge is 0.287 e. The number of furan rings is 1. The zero-order chi connectivity index (χ0) is 18.8. The maximum absolute atomic E-state index is 12.8. The Hall–Kier alpha value is -3.09. The summed E-state index contributed by atoms with van der Waals surface area (Å²) in [5.74, 6) is 0.408. The number of carbonyl (C=O) groups excluding carboxylic acids is 2. The van der Waals surface area contributed by atoms with Crippen LogP contribution in [0.2, 0.25) is 0 Å². The lowest BCUT2D eigenvalue weighted by Crippen LogP contribution is -2.49. The summed E-state index contributed by atoms with van der Waals surface area (Å²) in [6.45, 7) is 2.88. The summed E-state index contributed by atoms with van der Waals surface area (Å²) < 4.78 is 10.9. The Kier molecular flexibility index (Phi) is 4.66. The Labute approximate surface area is 156 Å². The number of para-hydroxylation sites is 2. The number of rotatable bonds is 4. The normalized spacial score (nSPS) is 18.4. The maximum Gasteiger partial charge on any atom is 0.287 e. The topological polar surface area (TPSA) is 88.6 Å². The van der Waals surface area contributed by atoms with E-state index in [4.69, 9.17) is 8.83 Å². The standard InChI is InChI=1S/C20H21N3O4/c1-13(21-18(24)17-9-5-11-26-17)20(25)23-10-4-6-14(12-23)19-22-15-7-2-3-8-16(15)27-19/h2-3,5,7-9,11,13-14H,4,6,10,12H2,1H3,(H,21,24)/t13-,14-/m1/s1. The predicted octanol–water partition coefficient (Wildman–Crippen LogP) is 2.95. The molecule has 1 aliphatic rings. The molecule has 1 aromatic carbocycles. The second kappa shape index (κ2) is 7.26. The van der Waals surface area contributed by atoms with Crippen molar-refractivity contribution in [3.63, 3.8) is 0 Å². The lowest BCUT2D eigenvalue weighted by Gasteiger charge is -2.33. The van der Waals surface area contributed by atoms with Crippen molar-refractivity contribution >= 4 is 22.9 Å². The quantitative estimate of drug-likeness (QED) is 0.766. The number of hydrogen-bond acceptors (Lipinski definition) is 5. The molecule has 0 unspecified atom stereocenters. The van der Waals surface area contributed by atoms with E-state index in [2.05, 4.69) is 10.3 Å². The van der Waals surface area contributed by atoms with Gasteiger partial charge in [-0.15, -0.1) is 0 Å². The van der Waals surface area contributed by atoms with Gasteiger partial charge in [-0.25, -0.2) is 4.98 Å². The molecule has 1 fully saturated rings. The van der Waals surface area contributed by atoms with Crippen LogP contribution in [0.4, 0.5) is 0 Å². The molecule has 2 amide bonds. The van der Waals surface area contributed by atoms with Crippen molar-refractivity contribution < 1.29 is 18.4 Å². The highest BCUT2D eigenvalue weighted by Crippen LogP contribution is 2.29. The van der Waals surface area contributed by atoms with Crippen LogP contribution in [-0.2, 0) is 4.79 Å². The molecule has 7 nitrogen and oxygen atoms in total. The number of piperidine rings is 1. The number of carbonyl (C=O) groups is 2. The molecule has 2 aromatic heterocycles. The lowest BCUT2D eigenvalue weighted by molar-refractivity contribution is -0.134. The number of nitrogens with zero attached hydrogens (tertiary/aromatic N) is 2. The van der Waals surface area contributed by atoms with Crippen LogP contribution in [0.15, 0.2) is 51.5 Å². The molecule has 27 heavy (non-hydrogen) atoms. The second-order valence-electron chi connectivity index (χ2n) is 6.82. The molecule has 1 aliphatic heterocycles. The fraction of sp³-hybridized carbons (Fsp3) is 0.350. The van der Waals surface area contributed by atoms with Crippen LogP contribution < -0.4 is 5.32 Å². The highest BCUT2D eigenvalue weighted by molar-refractivity contribution is 5.95. The van der Waals surface area contributed by atoms with E-state index in [9.17, 15) is 9.59 Å². The van der Waals surface area contributed by atoms with Gasteiger partial charge >= 0.3 is 0 Å². The Bertz CT molecular complexity index is 914. The molecule has 2 atom stereocenters. The molecular formula is C20H21N3O4. The lowest BCUT2D eigenvalue weighted by atomic mass is 9.97. The van der Waals surface area contributed by atoms with Gasteiger partial charge in [-0.1, -0.05) is 12.1 Å². The number of nitrogens with one attached hydrogen (secondary N) is 1. The molecule has 0 bridgehead atoms. The SMILES string of the molecule is C[C@@H](NC(=O)c1ccco1)C(=O)N1CCC[C@@H](c2nc3ccccc3o2)C1.